The molecule has 0 radical (unpaired) electrons. The number of aromatic nitrogens is 2. The average Bonchev–Trinajstić information content (AvgIpc) is 3.11. The van der Waals surface area contributed by atoms with Crippen LogP contribution in [0.2, 0.25) is 0 Å². The summed E-state index contributed by atoms with van der Waals surface area (Å²) in [7, 11) is -4.25. The Labute approximate surface area is 161 Å². The van der Waals surface area contributed by atoms with Gasteiger partial charge in [-0.15, -0.1) is 13.2 Å². The zero-order valence-electron chi connectivity index (χ0n) is 14.6. The number of ether oxygens (including phenoxy) is 1. The lowest BCUT2D eigenvalue weighted by Gasteiger charge is -2.33. The largest absolute Gasteiger partial charge is 0.573 e. The van der Waals surface area contributed by atoms with Gasteiger partial charge in [-0.25, -0.2) is 8.42 Å². The van der Waals surface area contributed by atoms with Gasteiger partial charge < -0.3 is 4.74 Å². The molecule has 3 rings (SSSR count). The highest BCUT2D eigenvalue weighted by Crippen LogP contribution is 2.34. The van der Waals surface area contributed by atoms with Gasteiger partial charge >= 0.3 is 12.5 Å². The van der Waals surface area contributed by atoms with Crippen molar-refractivity contribution in [2.45, 2.75) is 36.3 Å². The second-order valence-corrected chi connectivity index (χ2v) is 8.28. The summed E-state index contributed by atoms with van der Waals surface area (Å²) in [6.07, 6.45) is -8.13. The van der Waals surface area contributed by atoms with Gasteiger partial charge in [0.25, 0.3) is 0 Å². The molecule has 6 nitrogen and oxygen atoms in total. The summed E-state index contributed by atoms with van der Waals surface area (Å²) in [4.78, 5) is -0.448. The summed E-state index contributed by atoms with van der Waals surface area (Å²) in [6.45, 7) is -0.275. The number of sulfonamides is 1. The monoisotopic (exact) mass is 443 g/mol. The minimum atomic E-state index is -4.99. The Hall–Kier alpha value is -2.28. The van der Waals surface area contributed by atoms with Crippen LogP contribution in [0.3, 0.4) is 0 Å². The van der Waals surface area contributed by atoms with E-state index in [1.54, 1.807) is 0 Å². The van der Waals surface area contributed by atoms with Crippen LogP contribution in [-0.2, 0) is 16.2 Å². The molecule has 29 heavy (non-hydrogen) atoms. The zero-order chi connectivity index (χ0) is 21.4. The number of hydrogen-bond donors (Lipinski definition) is 0. The number of alkyl halides is 6. The van der Waals surface area contributed by atoms with Crippen molar-refractivity contribution in [2.24, 2.45) is 0 Å². The fourth-order valence-electron chi connectivity index (χ4n) is 3.15. The van der Waals surface area contributed by atoms with Gasteiger partial charge in [0.05, 0.1) is 10.9 Å². The standard InChI is InChI=1S/C16H15F6N3O3S/c17-15(18,19)14-6-7-23-25(14)11-3-2-8-24(10-11)29(26,27)13-5-1-4-12(9-13)28-16(20,21)22/h1,4-7,9,11H,2-3,8,10H2/t11-/m0/s1. The van der Waals surface area contributed by atoms with Crippen LogP contribution in [0.1, 0.15) is 24.6 Å². The summed E-state index contributed by atoms with van der Waals surface area (Å²) < 4.78 is 108. The maximum Gasteiger partial charge on any atom is 0.573 e. The summed E-state index contributed by atoms with van der Waals surface area (Å²) in [5, 5.41) is 3.68. The number of hydrogen-bond acceptors (Lipinski definition) is 4. The molecule has 13 heteroatoms. The summed E-state index contributed by atoms with van der Waals surface area (Å²) >= 11 is 0. The number of halogens is 6. The Morgan fingerprint density at radius 1 is 1.10 bits per heavy atom. The van der Waals surface area contributed by atoms with Crippen molar-refractivity contribution in [2.75, 3.05) is 13.1 Å². The predicted molar refractivity (Wildman–Crippen MR) is 87.4 cm³/mol. The lowest BCUT2D eigenvalue weighted by Crippen LogP contribution is -2.41. The van der Waals surface area contributed by atoms with E-state index in [2.05, 4.69) is 9.84 Å². The van der Waals surface area contributed by atoms with Crippen molar-refractivity contribution in [3.63, 3.8) is 0 Å². The molecule has 0 spiro atoms. The molecular formula is C16H15F6N3O3S. The van der Waals surface area contributed by atoms with Crippen molar-refractivity contribution in [3.8, 4) is 5.75 Å². The van der Waals surface area contributed by atoms with Gasteiger partial charge in [-0.05, 0) is 31.0 Å². The van der Waals surface area contributed by atoms with Crippen molar-refractivity contribution in [1.82, 2.24) is 14.1 Å². The SMILES string of the molecule is O=S(=O)(c1cccc(OC(F)(F)F)c1)N1CCC[C@H](n2nccc2C(F)(F)F)C1. The third kappa shape index (κ3) is 4.83. The molecule has 1 aliphatic rings. The van der Waals surface area contributed by atoms with Crippen molar-refractivity contribution in [3.05, 3.63) is 42.2 Å². The van der Waals surface area contributed by atoms with Crippen LogP contribution in [0.5, 0.6) is 5.75 Å². The number of benzene rings is 1. The van der Waals surface area contributed by atoms with Crippen molar-refractivity contribution in [1.29, 1.82) is 0 Å². The Kier molecular flexibility index (Phi) is 5.56. The molecule has 0 unspecified atom stereocenters. The number of rotatable bonds is 4. The molecule has 0 saturated carbocycles. The van der Waals surface area contributed by atoms with Crippen LogP contribution < -0.4 is 4.74 Å². The van der Waals surface area contributed by atoms with Gasteiger partial charge in [0.15, 0.2) is 0 Å². The van der Waals surface area contributed by atoms with E-state index < -0.39 is 44.9 Å². The lowest BCUT2D eigenvalue weighted by molar-refractivity contribution is -0.274. The first-order valence-electron chi connectivity index (χ1n) is 8.34. The molecule has 1 atom stereocenters. The smallest absolute Gasteiger partial charge is 0.406 e. The van der Waals surface area contributed by atoms with E-state index >= 15 is 0 Å². The molecule has 0 aliphatic carbocycles. The van der Waals surface area contributed by atoms with Crippen LogP contribution in [0, 0.1) is 0 Å². The normalized spacial score (nSPS) is 19.3. The molecule has 160 valence electrons. The van der Waals surface area contributed by atoms with Gasteiger partial charge in [-0.1, -0.05) is 6.07 Å². The summed E-state index contributed by atoms with van der Waals surface area (Å²) in [5.74, 6) is -0.710. The molecule has 1 aromatic carbocycles. The topological polar surface area (TPSA) is 64.4 Å². The van der Waals surface area contributed by atoms with E-state index in [0.717, 1.165) is 45.5 Å². The van der Waals surface area contributed by atoms with Gasteiger partial charge in [0.1, 0.15) is 11.4 Å². The van der Waals surface area contributed by atoms with E-state index in [4.69, 9.17) is 0 Å². The third-order valence-corrected chi connectivity index (χ3v) is 6.20. The highest BCUT2D eigenvalue weighted by Gasteiger charge is 2.39. The highest BCUT2D eigenvalue weighted by atomic mass is 32.2. The van der Waals surface area contributed by atoms with E-state index in [1.807, 2.05) is 0 Å². The first-order valence-corrected chi connectivity index (χ1v) is 9.78. The minimum Gasteiger partial charge on any atom is -0.406 e. The predicted octanol–water partition coefficient (Wildman–Crippen LogP) is 3.83. The van der Waals surface area contributed by atoms with E-state index in [9.17, 15) is 34.8 Å². The maximum absolute atomic E-state index is 13.1. The van der Waals surface area contributed by atoms with Gasteiger partial charge in [0.2, 0.25) is 10.0 Å². The molecular weight excluding hydrogens is 428 g/mol. The molecule has 0 amide bonds. The Morgan fingerprint density at radius 3 is 2.48 bits per heavy atom. The van der Waals surface area contributed by atoms with Crippen LogP contribution in [-0.4, -0.2) is 42.0 Å². The number of piperidine rings is 1. The highest BCUT2D eigenvalue weighted by molar-refractivity contribution is 7.89. The molecule has 1 aliphatic heterocycles. The Morgan fingerprint density at radius 2 is 1.83 bits per heavy atom. The zero-order valence-corrected chi connectivity index (χ0v) is 15.4. The summed E-state index contributed by atoms with van der Waals surface area (Å²) in [6, 6.07) is 3.79. The van der Waals surface area contributed by atoms with Gasteiger partial charge in [0, 0.05) is 25.4 Å². The van der Waals surface area contributed by atoms with E-state index in [0.29, 0.717) is 0 Å². The van der Waals surface area contributed by atoms with Gasteiger partial charge in [-0.3, -0.25) is 4.68 Å². The van der Waals surface area contributed by atoms with E-state index in [-0.39, 0.29) is 25.9 Å². The van der Waals surface area contributed by atoms with Crippen LogP contribution >= 0.6 is 0 Å². The molecule has 1 saturated heterocycles. The summed E-state index contributed by atoms with van der Waals surface area (Å²) in [5.41, 5.74) is -0.998. The second-order valence-electron chi connectivity index (χ2n) is 6.34. The fourth-order valence-corrected chi connectivity index (χ4v) is 4.70. The van der Waals surface area contributed by atoms with Gasteiger partial charge in [-0.2, -0.15) is 22.6 Å². The van der Waals surface area contributed by atoms with Crippen LogP contribution in [0.4, 0.5) is 26.3 Å². The van der Waals surface area contributed by atoms with E-state index in [1.165, 1.54) is 0 Å². The first-order chi connectivity index (χ1) is 13.4. The van der Waals surface area contributed by atoms with Crippen LogP contribution in [0.25, 0.3) is 0 Å². The quantitative estimate of drug-likeness (QED) is 0.674. The lowest BCUT2D eigenvalue weighted by atomic mass is 10.1. The molecule has 0 bridgehead atoms. The first kappa shape index (κ1) is 21.4. The van der Waals surface area contributed by atoms with Crippen molar-refractivity contribution >= 4 is 10.0 Å². The molecule has 1 fully saturated rings. The molecule has 0 N–H and O–H groups in total. The molecule has 2 aromatic rings. The Balaban J connectivity index is 1.85. The minimum absolute atomic E-state index is 0.0197. The molecule has 1 aromatic heterocycles. The number of nitrogens with zero attached hydrogens (tertiary/aromatic N) is 3. The van der Waals surface area contributed by atoms with Crippen molar-refractivity contribution < 1.29 is 39.5 Å². The second kappa shape index (κ2) is 7.52. The fraction of sp³-hybridized carbons (Fsp3) is 0.438. The van der Waals surface area contributed by atoms with Crippen LogP contribution in [0.15, 0.2) is 41.4 Å². The Bertz CT molecular complexity index is 971. The maximum atomic E-state index is 13.1. The third-order valence-electron chi connectivity index (χ3n) is 4.34. The average molecular weight is 443 g/mol. The molecule has 2 heterocycles.